The predicted octanol–water partition coefficient (Wildman–Crippen LogP) is 1.36. The maximum atomic E-state index is 12.1. The minimum Gasteiger partial charge on any atom is -0.329 e. The molecule has 98 valence electrons. The largest absolute Gasteiger partial charge is 0.329 e. The van der Waals surface area contributed by atoms with Crippen molar-refractivity contribution in [1.29, 1.82) is 0 Å². The molecule has 0 saturated carbocycles. The van der Waals surface area contributed by atoms with Gasteiger partial charge in [0.2, 0.25) is 5.91 Å². The van der Waals surface area contributed by atoms with Crippen molar-refractivity contribution in [2.45, 2.75) is 13.0 Å². The molecule has 2 N–H and O–H groups in total. The van der Waals surface area contributed by atoms with Crippen LogP contribution in [0.5, 0.6) is 0 Å². The van der Waals surface area contributed by atoms with Gasteiger partial charge in [-0.05, 0) is 47.6 Å². The first-order valence-corrected chi connectivity index (χ1v) is 6.79. The summed E-state index contributed by atoms with van der Waals surface area (Å²) < 4.78 is 0.955. The zero-order chi connectivity index (χ0) is 13.3. The van der Waals surface area contributed by atoms with Gasteiger partial charge in [-0.2, -0.15) is 0 Å². The number of likely N-dealkylation sites (N-methyl/N-ethyl adjacent to an activating group) is 1. The lowest BCUT2D eigenvalue weighted by atomic mass is 10.1. The minimum atomic E-state index is 0.117. The van der Waals surface area contributed by atoms with Crippen molar-refractivity contribution in [3.8, 4) is 0 Å². The lowest BCUT2D eigenvalue weighted by Crippen LogP contribution is -2.57. The predicted molar refractivity (Wildman–Crippen MR) is 76.7 cm³/mol. The second-order valence-corrected chi connectivity index (χ2v) is 5.62. The molecular formula is C13H18BrN3O. The number of nitrogens with two attached hydrogens (primary N) is 1. The number of hydrogen-bond donors (Lipinski definition) is 1. The van der Waals surface area contributed by atoms with Gasteiger partial charge >= 0.3 is 0 Å². The van der Waals surface area contributed by atoms with Gasteiger partial charge in [-0.1, -0.05) is 6.07 Å². The first-order valence-electron chi connectivity index (χ1n) is 5.99. The van der Waals surface area contributed by atoms with Crippen molar-refractivity contribution in [2.75, 3.05) is 31.6 Å². The molecule has 0 aromatic heterocycles. The van der Waals surface area contributed by atoms with Crippen LogP contribution in [0.25, 0.3) is 0 Å². The number of aryl methyl sites for hydroxylation is 1. The molecule has 0 bridgehead atoms. The Balaban J connectivity index is 2.29. The molecule has 0 aliphatic carbocycles. The van der Waals surface area contributed by atoms with Crippen molar-refractivity contribution in [2.24, 2.45) is 5.73 Å². The molecule has 5 heteroatoms. The van der Waals surface area contributed by atoms with Crippen LogP contribution in [-0.2, 0) is 4.79 Å². The zero-order valence-electron chi connectivity index (χ0n) is 10.7. The van der Waals surface area contributed by atoms with Gasteiger partial charge < -0.3 is 10.6 Å². The molecule has 1 saturated heterocycles. The Morgan fingerprint density at radius 3 is 2.83 bits per heavy atom. The molecule has 1 heterocycles. The molecule has 1 fully saturated rings. The summed E-state index contributed by atoms with van der Waals surface area (Å²) in [5, 5.41) is 0. The van der Waals surface area contributed by atoms with Crippen LogP contribution in [0.15, 0.2) is 22.7 Å². The summed E-state index contributed by atoms with van der Waals surface area (Å²) in [6, 6.07) is 6.24. The van der Waals surface area contributed by atoms with E-state index >= 15 is 0 Å². The van der Waals surface area contributed by atoms with Crippen molar-refractivity contribution in [3.05, 3.63) is 28.2 Å². The van der Waals surface area contributed by atoms with Crippen LogP contribution in [0.4, 0.5) is 5.69 Å². The fourth-order valence-corrected chi connectivity index (χ4v) is 2.91. The SMILES string of the molecule is Cc1ccc(N2CC(CN)N(C)CC2=O)c(Br)c1. The lowest BCUT2D eigenvalue weighted by Gasteiger charge is -2.38. The number of rotatable bonds is 2. The van der Waals surface area contributed by atoms with E-state index < -0.39 is 0 Å². The Kier molecular flexibility index (Phi) is 4.04. The van der Waals surface area contributed by atoms with E-state index in [-0.39, 0.29) is 11.9 Å². The summed E-state index contributed by atoms with van der Waals surface area (Å²) in [5.41, 5.74) is 7.85. The van der Waals surface area contributed by atoms with Gasteiger partial charge in [0.1, 0.15) is 0 Å². The van der Waals surface area contributed by atoms with E-state index in [4.69, 9.17) is 5.73 Å². The van der Waals surface area contributed by atoms with E-state index in [9.17, 15) is 4.79 Å². The molecule has 1 unspecified atom stereocenters. The maximum absolute atomic E-state index is 12.1. The molecule has 1 aliphatic heterocycles. The number of anilines is 1. The van der Waals surface area contributed by atoms with Crippen LogP contribution in [-0.4, -0.2) is 43.5 Å². The van der Waals surface area contributed by atoms with Crippen LogP contribution < -0.4 is 10.6 Å². The number of nitrogens with zero attached hydrogens (tertiary/aromatic N) is 2. The molecule has 0 radical (unpaired) electrons. The molecule has 0 spiro atoms. The number of piperazine rings is 1. The molecular weight excluding hydrogens is 294 g/mol. The molecule has 2 rings (SSSR count). The van der Waals surface area contributed by atoms with E-state index in [1.165, 1.54) is 5.56 Å². The fourth-order valence-electron chi connectivity index (χ4n) is 2.20. The molecule has 18 heavy (non-hydrogen) atoms. The summed E-state index contributed by atoms with van der Waals surface area (Å²) in [4.78, 5) is 16.0. The average Bonchev–Trinajstić information content (AvgIpc) is 2.30. The highest BCUT2D eigenvalue weighted by Gasteiger charge is 2.30. The Hall–Kier alpha value is -0.910. The highest BCUT2D eigenvalue weighted by Crippen LogP contribution is 2.29. The van der Waals surface area contributed by atoms with Crippen molar-refractivity contribution >= 4 is 27.5 Å². The number of hydrogen-bond acceptors (Lipinski definition) is 3. The second kappa shape index (κ2) is 5.38. The highest BCUT2D eigenvalue weighted by atomic mass is 79.9. The average molecular weight is 312 g/mol. The summed E-state index contributed by atoms with van der Waals surface area (Å²) in [6.07, 6.45) is 0. The lowest BCUT2D eigenvalue weighted by molar-refractivity contribution is -0.121. The number of carbonyl (C=O) groups excluding carboxylic acids is 1. The van der Waals surface area contributed by atoms with Crippen LogP contribution in [0.2, 0.25) is 0 Å². The number of halogens is 1. The molecule has 4 nitrogen and oxygen atoms in total. The van der Waals surface area contributed by atoms with E-state index in [0.29, 0.717) is 19.6 Å². The number of benzene rings is 1. The van der Waals surface area contributed by atoms with Crippen LogP contribution >= 0.6 is 15.9 Å². The van der Waals surface area contributed by atoms with Gasteiger partial charge in [0.15, 0.2) is 0 Å². The summed E-state index contributed by atoms with van der Waals surface area (Å²) in [6.45, 7) is 3.66. The smallest absolute Gasteiger partial charge is 0.241 e. The molecule has 1 atom stereocenters. The second-order valence-electron chi connectivity index (χ2n) is 4.76. The Morgan fingerprint density at radius 1 is 1.50 bits per heavy atom. The fraction of sp³-hybridized carbons (Fsp3) is 0.462. The molecule has 1 aromatic carbocycles. The first-order chi connectivity index (χ1) is 8.52. The van der Waals surface area contributed by atoms with Crippen LogP contribution in [0, 0.1) is 6.92 Å². The molecule has 1 aliphatic rings. The van der Waals surface area contributed by atoms with Crippen molar-refractivity contribution in [3.63, 3.8) is 0 Å². The Bertz CT molecular complexity index is 464. The van der Waals surface area contributed by atoms with Gasteiger partial charge in [-0.3, -0.25) is 9.69 Å². The summed E-state index contributed by atoms with van der Waals surface area (Å²) >= 11 is 3.53. The third-order valence-corrected chi connectivity index (χ3v) is 4.00. The van der Waals surface area contributed by atoms with Crippen molar-refractivity contribution < 1.29 is 4.79 Å². The van der Waals surface area contributed by atoms with Crippen LogP contribution in [0.3, 0.4) is 0 Å². The highest BCUT2D eigenvalue weighted by molar-refractivity contribution is 9.10. The topological polar surface area (TPSA) is 49.6 Å². The third kappa shape index (κ3) is 2.58. The summed E-state index contributed by atoms with van der Waals surface area (Å²) in [7, 11) is 1.94. The zero-order valence-corrected chi connectivity index (χ0v) is 12.3. The quantitative estimate of drug-likeness (QED) is 0.897. The van der Waals surface area contributed by atoms with Gasteiger partial charge in [0.25, 0.3) is 0 Å². The Labute approximate surface area is 116 Å². The van der Waals surface area contributed by atoms with Gasteiger partial charge in [0.05, 0.1) is 12.2 Å². The maximum Gasteiger partial charge on any atom is 0.241 e. The first kappa shape index (κ1) is 13.5. The van der Waals surface area contributed by atoms with E-state index in [1.54, 1.807) is 0 Å². The van der Waals surface area contributed by atoms with Gasteiger partial charge in [-0.15, -0.1) is 0 Å². The summed E-state index contributed by atoms with van der Waals surface area (Å²) in [5.74, 6) is 0.117. The minimum absolute atomic E-state index is 0.117. The number of carbonyl (C=O) groups is 1. The molecule has 1 amide bonds. The standard InChI is InChI=1S/C13H18BrN3O/c1-9-3-4-12(11(14)5-9)17-7-10(6-15)16(2)8-13(17)18/h3-5,10H,6-8,15H2,1-2H3. The normalized spacial score (nSPS) is 21.4. The van der Waals surface area contributed by atoms with Crippen LogP contribution in [0.1, 0.15) is 5.56 Å². The number of amides is 1. The van der Waals surface area contributed by atoms with E-state index in [1.807, 2.05) is 42.0 Å². The molecule has 1 aromatic rings. The van der Waals surface area contributed by atoms with E-state index in [2.05, 4.69) is 15.9 Å². The van der Waals surface area contributed by atoms with Gasteiger partial charge in [-0.25, -0.2) is 0 Å². The Morgan fingerprint density at radius 2 is 2.22 bits per heavy atom. The van der Waals surface area contributed by atoms with Gasteiger partial charge in [0, 0.05) is 23.6 Å². The van der Waals surface area contributed by atoms with E-state index in [0.717, 1.165) is 10.2 Å². The third-order valence-electron chi connectivity index (χ3n) is 3.37. The monoisotopic (exact) mass is 311 g/mol. The van der Waals surface area contributed by atoms with Crippen molar-refractivity contribution in [1.82, 2.24) is 4.90 Å².